The number of nitrogens with zero attached hydrogens (tertiary/aromatic N) is 2. The van der Waals surface area contributed by atoms with Gasteiger partial charge in [-0.05, 0) is 38.5 Å². The van der Waals surface area contributed by atoms with Gasteiger partial charge in [-0.2, -0.15) is 4.98 Å². The Kier molecular flexibility index (Phi) is 4.40. The normalized spacial score (nSPS) is 12.2. The van der Waals surface area contributed by atoms with Gasteiger partial charge in [0.15, 0.2) is 0 Å². The zero-order chi connectivity index (χ0) is 14.5. The highest BCUT2D eigenvalue weighted by atomic mass is 16.5. The molecule has 0 aliphatic carbocycles. The summed E-state index contributed by atoms with van der Waals surface area (Å²) in [7, 11) is 0. The second kappa shape index (κ2) is 6.23. The SMILES string of the molecule is CC(C)Oc1ccnc(NC(C)c2ccc(N)cc2)n1. The maximum atomic E-state index is 5.68. The van der Waals surface area contributed by atoms with Crippen LogP contribution in [-0.4, -0.2) is 16.1 Å². The Hall–Kier alpha value is -2.30. The van der Waals surface area contributed by atoms with Crippen LogP contribution in [-0.2, 0) is 0 Å². The monoisotopic (exact) mass is 272 g/mol. The maximum Gasteiger partial charge on any atom is 0.226 e. The largest absolute Gasteiger partial charge is 0.475 e. The van der Waals surface area contributed by atoms with Crippen molar-refractivity contribution in [2.45, 2.75) is 32.9 Å². The van der Waals surface area contributed by atoms with Crippen LogP contribution < -0.4 is 15.8 Å². The van der Waals surface area contributed by atoms with Crippen LogP contribution in [0.2, 0.25) is 0 Å². The minimum absolute atomic E-state index is 0.0879. The van der Waals surface area contributed by atoms with Crippen molar-refractivity contribution in [2.75, 3.05) is 11.1 Å². The summed E-state index contributed by atoms with van der Waals surface area (Å²) in [6.45, 7) is 5.98. The molecule has 2 rings (SSSR count). The van der Waals surface area contributed by atoms with Gasteiger partial charge in [-0.1, -0.05) is 12.1 Å². The number of hydrogen-bond donors (Lipinski definition) is 2. The summed E-state index contributed by atoms with van der Waals surface area (Å²) in [5.41, 5.74) is 7.56. The van der Waals surface area contributed by atoms with Gasteiger partial charge in [0, 0.05) is 18.0 Å². The highest BCUT2D eigenvalue weighted by Crippen LogP contribution is 2.19. The number of rotatable bonds is 5. The Morgan fingerprint density at radius 3 is 2.45 bits per heavy atom. The topological polar surface area (TPSA) is 73.1 Å². The molecule has 0 amide bonds. The fourth-order valence-electron chi connectivity index (χ4n) is 1.78. The van der Waals surface area contributed by atoms with Crippen molar-refractivity contribution in [1.29, 1.82) is 0 Å². The Balaban J connectivity index is 2.07. The molecule has 20 heavy (non-hydrogen) atoms. The number of nitrogens with two attached hydrogens (primary N) is 1. The molecule has 0 fully saturated rings. The molecule has 0 bridgehead atoms. The minimum atomic E-state index is 0.0879. The van der Waals surface area contributed by atoms with Crippen LogP contribution in [0.25, 0.3) is 0 Å². The summed E-state index contributed by atoms with van der Waals surface area (Å²) < 4.78 is 5.55. The zero-order valence-electron chi connectivity index (χ0n) is 12.0. The summed E-state index contributed by atoms with van der Waals surface area (Å²) in [5, 5.41) is 3.25. The second-order valence-corrected chi connectivity index (χ2v) is 4.92. The summed E-state index contributed by atoms with van der Waals surface area (Å²) in [4.78, 5) is 8.53. The maximum absolute atomic E-state index is 5.68. The third-order valence-electron chi connectivity index (χ3n) is 2.77. The first kappa shape index (κ1) is 14.1. The Bertz CT molecular complexity index is 554. The van der Waals surface area contributed by atoms with E-state index < -0.39 is 0 Å². The predicted molar refractivity (Wildman–Crippen MR) is 80.7 cm³/mol. The highest BCUT2D eigenvalue weighted by molar-refractivity contribution is 5.42. The molecule has 0 spiro atoms. The van der Waals surface area contributed by atoms with Gasteiger partial charge < -0.3 is 15.8 Å². The molecule has 0 saturated heterocycles. The molecule has 1 atom stereocenters. The van der Waals surface area contributed by atoms with Crippen molar-refractivity contribution in [3.05, 3.63) is 42.1 Å². The molecule has 106 valence electrons. The van der Waals surface area contributed by atoms with Gasteiger partial charge in [0.2, 0.25) is 11.8 Å². The van der Waals surface area contributed by atoms with Crippen molar-refractivity contribution < 1.29 is 4.74 Å². The summed E-state index contributed by atoms with van der Waals surface area (Å²) in [6.07, 6.45) is 1.77. The van der Waals surface area contributed by atoms with Gasteiger partial charge in [-0.25, -0.2) is 4.98 Å². The first-order chi connectivity index (χ1) is 9.54. The molecule has 0 saturated carbocycles. The first-order valence-electron chi connectivity index (χ1n) is 6.66. The lowest BCUT2D eigenvalue weighted by molar-refractivity contribution is 0.232. The smallest absolute Gasteiger partial charge is 0.226 e. The number of anilines is 2. The van der Waals surface area contributed by atoms with Gasteiger partial charge in [-0.15, -0.1) is 0 Å². The van der Waals surface area contributed by atoms with Gasteiger partial charge in [0.05, 0.1) is 12.1 Å². The van der Waals surface area contributed by atoms with E-state index >= 15 is 0 Å². The van der Waals surface area contributed by atoms with Crippen molar-refractivity contribution in [3.63, 3.8) is 0 Å². The number of nitrogen functional groups attached to an aromatic ring is 1. The van der Waals surface area contributed by atoms with Crippen molar-refractivity contribution in [2.24, 2.45) is 0 Å². The minimum Gasteiger partial charge on any atom is -0.475 e. The molecule has 1 unspecified atom stereocenters. The predicted octanol–water partition coefficient (Wildman–Crippen LogP) is 3.02. The van der Waals surface area contributed by atoms with Crippen LogP contribution in [0, 0.1) is 0 Å². The van der Waals surface area contributed by atoms with E-state index in [0.717, 1.165) is 11.3 Å². The van der Waals surface area contributed by atoms with E-state index in [0.29, 0.717) is 11.8 Å². The molecule has 5 nitrogen and oxygen atoms in total. The standard InChI is InChI=1S/C15H20N4O/c1-10(2)20-14-8-9-17-15(19-14)18-11(3)12-4-6-13(16)7-5-12/h4-11H,16H2,1-3H3,(H,17,18,19). The number of nitrogens with one attached hydrogen (secondary N) is 1. The van der Waals surface area contributed by atoms with E-state index in [1.807, 2.05) is 45.0 Å². The lowest BCUT2D eigenvalue weighted by Gasteiger charge is -2.15. The third kappa shape index (κ3) is 3.85. The van der Waals surface area contributed by atoms with E-state index in [9.17, 15) is 0 Å². The van der Waals surface area contributed by atoms with Crippen LogP contribution in [0.4, 0.5) is 11.6 Å². The van der Waals surface area contributed by atoms with Crippen LogP contribution >= 0.6 is 0 Å². The number of hydrogen-bond acceptors (Lipinski definition) is 5. The van der Waals surface area contributed by atoms with E-state index in [4.69, 9.17) is 10.5 Å². The zero-order valence-corrected chi connectivity index (χ0v) is 12.0. The van der Waals surface area contributed by atoms with E-state index in [1.165, 1.54) is 0 Å². The molecular weight excluding hydrogens is 252 g/mol. The van der Waals surface area contributed by atoms with Crippen LogP contribution in [0.15, 0.2) is 36.5 Å². The fourth-order valence-corrected chi connectivity index (χ4v) is 1.78. The van der Waals surface area contributed by atoms with Gasteiger partial charge in [0.25, 0.3) is 0 Å². The Labute approximate surface area is 119 Å². The average molecular weight is 272 g/mol. The Morgan fingerprint density at radius 1 is 1.10 bits per heavy atom. The molecule has 1 aromatic carbocycles. The molecule has 0 aliphatic rings. The highest BCUT2D eigenvalue weighted by Gasteiger charge is 2.08. The number of benzene rings is 1. The molecular formula is C15H20N4O. The molecule has 5 heteroatoms. The third-order valence-corrected chi connectivity index (χ3v) is 2.77. The van der Waals surface area contributed by atoms with E-state index in [-0.39, 0.29) is 12.1 Å². The fraction of sp³-hybridized carbons (Fsp3) is 0.333. The van der Waals surface area contributed by atoms with E-state index in [2.05, 4.69) is 15.3 Å². The van der Waals surface area contributed by atoms with Crippen LogP contribution in [0.1, 0.15) is 32.4 Å². The number of ether oxygens (including phenoxy) is 1. The summed E-state index contributed by atoms with van der Waals surface area (Å²) in [5.74, 6) is 1.12. The summed E-state index contributed by atoms with van der Waals surface area (Å²) in [6, 6.07) is 9.58. The molecule has 0 aliphatic heterocycles. The number of aromatic nitrogens is 2. The molecule has 1 heterocycles. The molecule has 2 aromatic rings. The second-order valence-electron chi connectivity index (χ2n) is 4.92. The first-order valence-corrected chi connectivity index (χ1v) is 6.66. The van der Waals surface area contributed by atoms with Crippen molar-refractivity contribution in [3.8, 4) is 5.88 Å². The lowest BCUT2D eigenvalue weighted by Crippen LogP contribution is -2.11. The lowest BCUT2D eigenvalue weighted by atomic mass is 10.1. The quantitative estimate of drug-likeness (QED) is 0.818. The average Bonchev–Trinajstić information content (AvgIpc) is 2.39. The van der Waals surface area contributed by atoms with Crippen molar-refractivity contribution in [1.82, 2.24) is 9.97 Å². The Morgan fingerprint density at radius 2 is 1.80 bits per heavy atom. The molecule has 3 N–H and O–H groups in total. The van der Waals surface area contributed by atoms with Gasteiger partial charge in [0.1, 0.15) is 0 Å². The van der Waals surface area contributed by atoms with Crippen molar-refractivity contribution >= 4 is 11.6 Å². The molecule has 0 radical (unpaired) electrons. The van der Waals surface area contributed by atoms with Gasteiger partial charge in [-0.3, -0.25) is 0 Å². The van der Waals surface area contributed by atoms with Gasteiger partial charge >= 0.3 is 0 Å². The molecule has 1 aromatic heterocycles. The van der Waals surface area contributed by atoms with E-state index in [1.54, 1.807) is 12.3 Å². The van der Waals surface area contributed by atoms with Crippen LogP contribution in [0.5, 0.6) is 5.88 Å². The van der Waals surface area contributed by atoms with Crippen LogP contribution in [0.3, 0.4) is 0 Å². The summed E-state index contributed by atoms with van der Waals surface area (Å²) >= 11 is 0.